The van der Waals surface area contributed by atoms with Crippen LogP contribution in [0.2, 0.25) is 0 Å². The fourth-order valence-electron chi connectivity index (χ4n) is 1.22. The Morgan fingerprint density at radius 2 is 1.64 bits per heavy atom. The minimum Gasteiger partial charge on any atom is -0.247 e. The average molecular weight is 160 g/mol. The molecule has 0 nitrogen and oxygen atoms in total. The molecule has 0 aromatic carbocycles. The van der Waals surface area contributed by atoms with Gasteiger partial charge in [-0.25, -0.2) is 4.39 Å². The number of halogens is 1. The van der Waals surface area contributed by atoms with Crippen molar-refractivity contribution in [3.05, 3.63) is 0 Å². The molecule has 0 saturated carbocycles. The van der Waals surface area contributed by atoms with Crippen molar-refractivity contribution in [1.29, 1.82) is 0 Å². The Kier molecular flexibility index (Phi) is 4.71. The van der Waals surface area contributed by atoms with Crippen molar-refractivity contribution in [2.45, 2.75) is 59.5 Å². The van der Waals surface area contributed by atoms with Gasteiger partial charge < -0.3 is 0 Å². The molecule has 0 aliphatic heterocycles. The van der Waals surface area contributed by atoms with Crippen molar-refractivity contribution < 1.29 is 4.39 Å². The van der Waals surface area contributed by atoms with Gasteiger partial charge in [0.2, 0.25) is 0 Å². The van der Waals surface area contributed by atoms with E-state index in [9.17, 15) is 4.39 Å². The lowest BCUT2D eigenvalue weighted by molar-refractivity contribution is 0.175. The van der Waals surface area contributed by atoms with E-state index in [1.165, 1.54) is 0 Å². The first kappa shape index (κ1) is 10.9. The molecule has 0 amide bonds. The first-order valence-electron chi connectivity index (χ1n) is 4.72. The predicted octanol–water partition coefficient (Wildman–Crippen LogP) is 3.95. The standard InChI is InChI=1S/C10H21F/c1-5-9(11)8-10(4,6-2)7-3/h9H,5-8H2,1-4H3/t9-/m0/s1. The van der Waals surface area contributed by atoms with Crippen LogP contribution in [0.3, 0.4) is 0 Å². The molecule has 1 atom stereocenters. The lowest BCUT2D eigenvalue weighted by Crippen LogP contribution is -2.19. The van der Waals surface area contributed by atoms with E-state index in [0.29, 0.717) is 6.42 Å². The number of rotatable bonds is 5. The van der Waals surface area contributed by atoms with Gasteiger partial charge in [-0.2, -0.15) is 0 Å². The molecule has 1 heteroatoms. The molecule has 0 radical (unpaired) electrons. The molecule has 0 spiro atoms. The highest BCUT2D eigenvalue weighted by Gasteiger charge is 2.23. The number of alkyl halides is 1. The second-order valence-corrected chi connectivity index (χ2v) is 3.73. The van der Waals surface area contributed by atoms with Gasteiger partial charge in [0, 0.05) is 0 Å². The van der Waals surface area contributed by atoms with Crippen LogP contribution in [-0.4, -0.2) is 6.17 Å². The van der Waals surface area contributed by atoms with Crippen molar-refractivity contribution in [3.63, 3.8) is 0 Å². The van der Waals surface area contributed by atoms with E-state index < -0.39 is 6.17 Å². The van der Waals surface area contributed by atoms with Gasteiger partial charge in [0.15, 0.2) is 0 Å². The van der Waals surface area contributed by atoms with Crippen molar-refractivity contribution in [1.82, 2.24) is 0 Å². The second kappa shape index (κ2) is 4.74. The molecule has 0 heterocycles. The van der Waals surface area contributed by atoms with Crippen LogP contribution in [0.15, 0.2) is 0 Å². The quantitative estimate of drug-likeness (QED) is 0.571. The maximum absolute atomic E-state index is 13.0. The smallest absolute Gasteiger partial charge is 0.100 e. The fourth-order valence-corrected chi connectivity index (χ4v) is 1.22. The third-order valence-electron chi connectivity index (χ3n) is 2.86. The Morgan fingerprint density at radius 1 is 1.18 bits per heavy atom. The summed E-state index contributed by atoms with van der Waals surface area (Å²) in [6.45, 7) is 8.38. The molecule has 0 N–H and O–H groups in total. The van der Waals surface area contributed by atoms with Crippen LogP contribution in [0, 0.1) is 5.41 Å². The van der Waals surface area contributed by atoms with Crippen LogP contribution < -0.4 is 0 Å². The van der Waals surface area contributed by atoms with E-state index in [4.69, 9.17) is 0 Å². The van der Waals surface area contributed by atoms with Gasteiger partial charge in [-0.05, 0) is 18.3 Å². The molecule has 0 bridgehead atoms. The van der Waals surface area contributed by atoms with Gasteiger partial charge in [0.25, 0.3) is 0 Å². The van der Waals surface area contributed by atoms with E-state index in [0.717, 1.165) is 19.3 Å². The third-order valence-corrected chi connectivity index (χ3v) is 2.86. The van der Waals surface area contributed by atoms with E-state index >= 15 is 0 Å². The van der Waals surface area contributed by atoms with Crippen LogP contribution in [0.1, 0.15) is 53.4 Å². The van der Waals surface area contributed by atoms with Crippen LogP contribution in [0.4, 0.5) is 4.39 Å². The summed E-state index contributed by atoms with van der Waals surface area (Å²) >= 11 is 0. The summed E-state index contributed by atoms with van der Waals surface area (Å²) in [6, 6.07) is 0. The summed E-state index contributed by atoms with van der Waals surface area (Å²) in [5.74, 6) is 0. The van der Waals surface area contributed by atoms with Crippen LogP contribution in [0.5, 0.6) is 0 Å². The minimum atomic E-state index is -0.597. The van der Waals surface area contributed by atoms with Crippen LogP contribution >= 0.6 is 0 Å². The SMILES string of the molecule is CC[C@H](F)CC(C)(CC)CC. The van der Waals surface area contributed by atoms with Crippen molar-refractivity contribution >= 4 is 0 Å². The van der Waals surface area contributed by atoms with Crippen molar-refractivity contribution in [2.75, 3.05) is 0 Å². The molecular formula is C10H21F. The van der Waals surface area contributed by atoms with E-state index in [-0.39, 0.29) is 5.41 Å². The Morgan fingerprint density at radius 3 is 1.91 bits per heavy atom. The lowest BCUT2D eigenvalue weighted by atomic mass is 9.79. The maximum Gasteiger partial charge on any atom is 0.100 e. The topological polar surface area (TPSA) is 0 Å². The van der Waals surface area contributed by atoms with E-state index in [1.807, 2.05) is 6.92 Å². The lowest BCUT2D eigenvalue weighted by Gasteiger charge is -2.27. The van der Waals surface area contributed by atoms with Crippen molar-refractivity contribution in [3.8, 4) is 0 Å². The third kappa shape index (κ3) is 3.74. The zero-order chi connectivity index (χ0) is 8.91. The van der Waals surface area contributed by atoms with Gasteiger partial charge in [-0.15, -0.1) is 0 Å². The first-order valence-corrected chi connectivity index (χ1v) is 4.72. The molecule has 0 aliphatic rings. The Labute approximate surface area is 70.2 Å². The van der Waals surface area contributed by atoms with Crippen LogP contribution in [-0.2, 0) is 0 Å². The first-order chi connectivity index (χ1) is 5.08. The number of hydrogen-bond acceptors (Lipinski definition) is 0. The monoisotopic (exact) mass is 160 g/mol. The molecule has 0 unspecified atom stereocenters. The molecule has 0 aromatic rings. The molecule has 0 rings (SSSR count). The largest absolute Gasteiger partial charge is 0.247 e. The van der Waals surface area contributed by atoms with Gasteiger partial charge in [-0.1, -0.05) is 40.5 Å². The predicted molar refractivity (Wildman–Crippen MR) is 48.5 cm³/mol. The second-order valence-electron chi connectivity index (χ2n) is 3.73. The van der Waals surface area contributed by atoms with Gasteiger partial charge in [0.05, 0.1) is 0 Å². The van der Waals surface area contributed by atoms with E-state index in [1.54, 1.807) is 0 Å². The maximum atomic E-state index is 13.0. The molecule has 0 aromatic heterocycles. The van der Waals surface area contributed by atoms with Crippen LogP contribution in [0.25, 0.3) is 0 Å². The Bertz CT molecular complexity index is 95.0. The van der Waals surface area contributed by atoms with Crippen molar-refractivity contribution in [2.24, 2.45) is 5.41 Å². The fraction of sp³-hybridized carbons (Fsp3) is 1.00. The molecule has 0 saturated heterocycles. The Hall–Kier alpha value is -0.0700. The summed E-state index contributed by atoms with van der Waals surface area (Å²) < 4.78 is 13.0. The molecule has 0 aliphatic carbocycles. The minimum absolute atomic E-state index is 0.232. The Balaban J connectivity index is 3.86. The normalized spacial score (nSPS) is 15.0. The molecule has 68 valence electrons. The van der Waals surface area contributed by atoms with E-state index in [2.05, 4.69) is 20.8 Å². The van der Waals surface area contributed by atoms with Gasteiger partial charge in [0.1, 0.15) is 6.17 Å². The van der Waals surface area contributed by atoms with Gasteiger partial charge in [-0.3, -0.25) is 0 Å². The highest BCUT2D eigenvalue weighted by Crippen LogP contribution is 2.32. The molecule has 0 fully saturated rings. The zero-order valence-electron chi connectivity index (χ0n) is 8.28. The number of hydrogen-bond donors (Lipinski definition) is 0. The zero-order valence-corrected chi connectivity index (χ0v) is 8.28. The summed E-state index contributed by atoms with van der Waals surface area (Å²) in [7, 11) is 0. The summed E-state index contributed by atoms with van der Waals surface area (Å²) in [6.07, 6.45) is 2.97. The summed E-state index contributed by atoms with van der Waals surface area (Å²) in [5, 5.41) is 0. The summed E-state index contributed by atoms with van der Waals surface area (Å²) in [4.78, 5) is 0. The summed E-state index contributed by atoms with van der Waals surface area (Å²) in [5.41, 5.74) is 0.232. The van der Waals surface area contributed by atoms with Gasteiger partial charge >= 0.3 is 0 Å². The highest BCUT2D eigenvalue weighted by molar-refractivity contribution is 4.74. The average Bonchev–Trinajstić information content (AvgIpc) is 2.04. The molecule has 11 heavy (non-hydrogen) atoms. The highest BCUT2D eigenvalue weighted by atomic mass is 19.1. The molecular weight excluding hydrogens is 139 g/mol.